The van der Waals surface area contributed by atoms with E-state index in [4.69, 9.17) is 0 Å². The largest absolute Gasteiger partial charge is 0.352 e. The predicted molar refractivity (Wildman–Crippen MR) is 124 cm³/mol. The maximum absolute atomic E-state index is 12.5. The summed E-state index contributed by atoms with van der Waals surface area (Å²) < 4.78 is 0. The summed E-state index contributed by atoms with van der Waals surface area (Å²) in [5.41, 5.74) is 2.50. The Morgan fingerprint density at radius 3 is 2.87 bits per heavy atom. The number of fused-ring (bicyclic) bond motifs is 1. The van der Waals surface area contributed by atoms with Gasteiger partial charge in [-0.1, -0.05) is 30.3 Å². The highest BCUT2D eigenvalue weighted by atomic mass is 32.2. The van der Waals surface area contributed by atoms with Gasteiger partial charge in [0.25, 0.3) is 5.91 Å². The third kappa shape index (κ3) is 5.46. The van der Waals surface area contributed by atoms with Crippen molar-refractivity contribution in [2.24, 2.45) is 0 Å². The van der Waals surface area contributed by atoms with Crippen molar-refractivity contribution in [2.45, 2.75) is 50.2 Å². The molecule has 0 unspecified atom stereocenters. The monoisotopic (exact) mass is 438 g/mol. The first-order valence-corrected chi connectivity index (χ1v) is 12.1. The summed E-state index contributed by atoms with van der Waals surface area (Å²) in [7, 11) is 0. The van der Waals surface area contributed by atoms with Gasteiger partial charge in [-0.05, 0) is 62.6 Å². The molecule has 164 valence electrons. The molecule has 0 radical (unpaired) electrons. The van der Waals surface area contributed by atoms with Crippen LogP contribution in [-0.4, -0.2) is 53.1 Å². The summed E-state index contributed by atoms with van der Waals surface area (Å²) in [5.74, 6) is 0.439. The van der Waals surface area contributed by atoms with Crippen molar-refractivity contribution < 1.29 is 9.59 Å². The zero-order valence-corrected chi connectivity index (χ0v) is 18.9. The number of rotatable bonds is 7. The van der Waals surface area contributed by atoms with Crippen molar-refractivity contribution in [3.8, 4) is 0 Å². The normalized spacial score (nSPS) is 19.2. The standard InChI is InChI=1S/C24H30N4O2S/c1-18-6-2-3-14-27(18)15-5-13-25-23(30)20-10-8-19(9-11-20)16-28-21-7-4-12-26-24(21)31-17-22(28)29/h4,7-12,18H,2-3,5-6,13-17H2,1H3,(H,25,30)/t18-/m0/s1. The van der Waals surface area contributed by atoms with Gasteiger partial charge < -0.3 is 15.1 Å². The highest BCUT2D eigenvalue weighted by molar-refractivity contribution is 8.00. The van der Waals surface area contributed by atoms with Crippen LogP contribution < -0.4 is 10.2 Å². The molecule has 31 heavy (non-hydrogen) atoms. The molecule has 2 amide bonds. The number of hydrogen-bond acceptors (Lipinski definition) is 5. The van der Waals surface area contributed by atoms with Gasteiger partial charge in [0.2, 0.25) is 5.91 Å². The number of carbonyl (C=O) groups is 2. The van der Waals surface area contributed by atoms with Gasteiger partial charge >= 0.3 is 0 Å². The molecule has 1 aromatic carbocycles. The number of benzene rings is 1. The van der Waals surface area contributed by atoms with Crippen LogP contribution in [-0.2, 0) is 11.3 Å². The molecule has 7 heteroatoms. The summed E-state index contributed by atoms with van der Waals surface area (Å²) in [5, 5.41) is 3.92. The minimum absolute atomic E-state index is 0.0433. The molecule has 4 rings (SSSR count). The van der Waals surface area contributed by atoms with E-state index in [2.05, 4.69) is 22.1 Å². The first kappa shape index (κ1) is 21.8. The molecule has 1 N–H and O–H groups in total. The number of amides is 2. The van der Waals surface area contributed by atoms with E-state index in [1.165, 1.54) is 37.6 Å². The molecule has 0 bridgehead atoms. The van der Waals surface area contributed by atoms with Crippen molar-refractivity contribution in [2.75, 3.05) is 30.3 Å². The lowest BCUT2D eigenvalue weighted by Crippen LogP contribution is -2.39. The maximum Gasteiger partial charge on any atom is 0.251 e. The fourth-order valence-electron chi connectivity index (χ4n) is 4.23. The van der Waals surface area contributed by atoms with E-state index in [9.17, 15) is 9.59 Å². The summed E-state index contributed by atoms with van der Waals surface area (Å²) in [4.78, 5) is 33.6. The molecule has 2 aliphatic heterocycles. The molecule has 3 heterocycles. The second-order valence-electron chi connectivity index (χ2n) is 8.28. The number of aromatic nitrogens is 1. The van der Waals surface area contributed by atoms with Gasteiger partial charge in [0.15, 0.2) is 0 Å². The fraction of sp³-hybridized carbons (Fsp3) is 0.458. The number of anilines is 1. The zero-order valence-electron chi connectivity index (χ0n) is 18.0. The average molecular weight is 439 g/mol. The summed E-state index contributed by atoms with van der Waals surface area (Å²) in [6, 6.07) is 12.0. The molecule has 2 aliphatic rings. The highest BCUT2D eigenvalue weighted by Crippen LogP contribution is 2.34. The van der Waals surface area contributed by atoms with Crippen LogP contribution in [0.4, 0.5) is 5.69 Å². The number of carbonyl (C=O) groups excluding carboxylic acids is 2. The summed E-state index contributed by atoms with van der Waals surface area (Å²) >= 11 is 1.48. The second-order valence-corrected chi connectivity index (χ2v) is 9.25. The lowest BCUT2D eigenvalue weighted by Gasteiger charge is -2.33. The molecule has 0 saturated carbocycles. The van der Waals surface area contributed by atoms with Gasteiger partial charge in [-0.15, -0.1) is 0 Å². The molecule has 0 aliphatic carbocycles. The molecule has 0 spiro atoms. The molecule has 6 nitrogen and oxygen atoms in total. The fourth-order valence-corrected chi connectivity index (χ4v) is 5.11. The van der Waals surface area contributed by atoms with Gasteiger partial charge in [-0.2, -0.15) is 0 Å². The number of pyridine rings is 1. The van der Waals surface area contributed by atoms with Crippen molar-refractivity contribution in [1.82, 2.24) is 15.2 Å². The van der Waals surface area contributed by atoms with E-state index < -0.39 is 0 Å². The lowest BCUT2D eigenvalue weighted by molar-refractivity contribution is -0.116. The Balaban J connectivity index is 1.28. The van der Waals surface area contributed by atoms with Crippen molar-refractivity contribution in [1.29, 1.82) is 0 Å². The Labute approximate surface area is 188 Å². The quantitative estimate of drug-likeness (QED) is 0.668. The Hall–Kier alpha value is -2.38. The highest BCUT2D eigenvalue weighted by Gasteiger charge is 2.25. The van der Waals surface area contributed by atoms with E-state index in [1.54, 1.807) is 11.1 Å². The molecule has 2 aromatic rings. The Morgan fingerprint density at radius 1 is 1.23 bits per heavy atom. The van der Waals surface area contributed by atoms with Gasteiger partial charge in [0.1, 0.15) is 5.03 Å². The van der Waals surface area contributed by atoms with Gasteiger partial charge in [-0.3, -0.25) is 9.59 Å². The third-order valence-electron chi connectivity index (χ3n) is 6.08. The maximum atomic E-state index is 12.5. The molecular weight excluding hydrogens is 408 g/mol. The van der Waals surface area contributed by atoms with Crippen LogP contribution in [0.3, 0.4) is 0 Å². The van der Waals surface area contributed by atoms with Crippen LogP contribution in [0.5, 0.6) is 0 Å². The summed E-state index contributed by atoms with van der Waals surface area (Å²) in [6.07, 6.45) is 6.62. The molecule has 1 aromatic heterocycles. The SMILES string of the molecule is C[C@H]1CCCCN1CCCNC(=O)c1ccc(CN2C(=O)CSc3ncccc32)cc1. The van der Waals surface area contributed by atoms with E-state index in [1.807, 2.05) is 36.4 Å². The predicted octanol–water partition coefficient (Wildman–Crippen LogP) is 3.71. The lowest BCUT2D eigenvalue weighted by atomic mass is 10.0. The topological polar surface area (TPSA) is 65.5 Å². The van der Waals surface area contributed by atoms with Crippen LogP contribution in [0, 0.1) is 0 Å². The van der Waals surface area contributed by atoms with Crippen LogP contribution in [0.1, 0.15) is 48.5 Å². The van der Waals surface area contributed by atoms with E-state index in [0.29, 0.717) is 30.4 Å². The van der Waals surface area contributed by atoms with Gasteiger partial charge in [0, 0.05) is 30.9 Å². The Bertz CT molecular complexity index is 918. The number of thioether (sulfide) groups is 1. The zero-order chi connectivity index (χ0) is 21.6. The van der Waals surface area contributed by atoms with Crippen molar-refractivity contribution in [3.63, 3.8) is 0 Å². The average Bonchev–Trinajstić information content (AvgIpc) is 2.80. The Kier molecular flexibility index (Phi) is 7.25. The first-order chi connectivity index (χ1) is 15.1. The van der Waals surface area contributed by atoms with Crippen molar-refractivity contribution in [3.05, 3.63) is 53.7 Å². The Morgan fingerprint density at radius 2 is 2.06 bits per heavy atom. The van der Waals surface area contributed by atoms with Crippen LogP contribution in [0.15, 0.2) is 47.6 Å². The number of hydrogen-bond donors (Lipinski definition) is 1. The third-order valence-corrected chi connectivity index (χ3v) is 7.06. The first-order valence-electron chi connectivity index (χ1n) is 11.1. The van der Waals surface area contributed by atoms with Gasteiger partial charge in [0.05, 0.1) is 18.0 Å². The van der Waals surface area contributed by atoms with E-state index in [-0.39, 0.29) is 11.8 Å². The number of nitrogens with one attached hydrogen (secondary N) is 1. The van der Waals surface area contributed by atoms with Gasteiger partial charge in [-0.25, -0.2) is 4.98 Å². The van der Waals surface area contributed by atoms with Crippen LogP contribution in [0.25, 0.3) is 0 Å². The molecular formula is C24H30N4O2S. The van der Waals surface area contributed by atoms with E-state index >= 15 is 0 Å². The number of piperidine rings is 1. The number of likely N-dealkylation sites (tertiary alicyclic amines) is 1. The molecule has 1 atom stereocenters. The second kappa shape index (κ2) is 10.3. The smallest absolute Gasteiger partial charge is 0.251 e. The summed E-state index contributed by atoms with van der Waals surface area (Å²) in [6.45, 7) is 5.68. The minimum atomic E-state index is -0.0433. The number of nitrogens with zero attached hydrogens (tertiary/aromatic N) is 3. The minimum Gasteiger partial charge on any atom is -0.352 e. The van der Waals surface area contributed by atoms with Crippen LogP contribution >= 0.6 is 11.8 Å². The molecule has 1 fully saturated rings. The van der Waals surface area contributed by atoms with E-state index in [0.717, 1.165) is 29.2 Å². The van der Waals surface area contributed by atoms with Crippen LogP contribution in [0.2, 0.25) is 0 Å². The van der Waals surface area contributed by atoms with Crippen molar-refractivity contribution >= 4 is 29.3 Å². The molecule has 1 saturated heterocycles.